The molecule has 1 aromatic heterocycles. The van der Waals surface area contributed by atoms with Gasteiger partial charge in [0.2, 0.25) is 11.7 Å². The van der Waals surface area contributed by atoms with Crippen LogP contribution in [0.4, 0.5) is 5.00 Å². The number of esters is 1. The molecule has 3 rings (SSSR count). The summed E-state index contributed by atoms with van der Waals surface area (Å²) in [4.78, 5) is 25.8. The Kier molecular flexibility index (Phi) is 6.43. The third-order valence-electron chi connectivity index (χ3n) is 4.70. The van der Waals surface area contributed by atoms with Crippen molar-refractivity contribution in [3.63, 3.8) is 0 Å². The zero-order valence-corrected chi connectivity index (χ0v) is 17.6. The summed E-state index contributed by atoms with van der Waals surface area (Å²) < 4.78 is 20.9. The Bertz CT molecular complexity index is 963. The maximum atomic E-state index is 12.5. The highest BCUT2D eigenvalue weighted by molar-refractivity contribution is 7.17. The second kappa shape index (κ2) is 9.00. The molecule has 0 radical (unpaired) electrons. The fourth-order valence-corrected chi connectivity index (χ4v) is 4.67. The molecule has 0 fully saturated rings. The lowest BCUT2D eigenvalue weighted by Gasteiger charge is -2.14. The Labute approximate surface area is 173 Å². The molecule has 8 heteroatoms. The maximum absolute atomic E-state index is 12.5. The summed E-state index contributed by atoms with van der Waals surface area (Å²) in [5, 5.41) is 3.33. The Morgan fingerprint density at radius 1 is 1.03 bits per heavy atom. The first-order valence-corrected chi connectivity index (χ1v) is 9.86. The molecular formula is C21H23NO6S. The monoisotopic (exact) mass is 417 g/mol. The number of thiophene rings is 1. The molecule has 0 spiro atoms. The standard InChI is InChI=1S/C21H23NO6S/c1-25-14-10-8-12(18(26-2)19(14)27-3)9-11-16(23)22-20-17(21(24)28-4)13-6-5-7-15(13)29-20/h8-11H,5-7H2,1-4H3,(H,22,23)/b11-9+. The number of fused-ring (bicyclic) bond motifs is 1. The van der Waals surface area contributed by atoms with Crippen LogP contribution in [0.3, 0.4) is 0 Å². The molecule has 1 aliphatic rings. The summed E-state index contributed by atoms with van der Waals surface area (Å²) in [7, 11) is 5.92. The number of nitrogens with one attached hydrogen (secondary N) is 1. The molecular weight excluding hydrogens is 394 g/mol. The summed E-state index contributed by atoms with van der Waals surface area (Å²) in [6, 6.07) is 3.50. The molecule has 1 heterocycles. The van der Waals surface area contributed by atoms with Gasteiger partial charge in [0.15, 0.2) is 11.5 Å². The Balaban J connectivity index is 1.84. The number of anilines is 1. The van der Waals surface area contributed by atoms with Gasteiger partial charge in [-0.3, -0.25) is 4.79 Å². The second-order valence-electron chi connectivity index (χ2n) is 6.30. The highest BCUT2D eigenvalue weighted by atomic mass is 32.1. The maximum Gasteiger partial charge on any atom is 0.341 e. The van der Waals surface area contributed by atoms with E-state index in [1.165, 1.54) is 45.9 Å². The zero-order valence-electron chi connectivity index (χ0n) is 16.8. The summed E-state index contributed by atoms with van der Waals surface area (Å²) >= 11 is 1.43. The molecule has 2 aromatic rings. The molecule has 7 nitrogen and oxygen atoms in total. The number of carbonyl (C=O) groups excluding carboxylic acids is 2. The van der Waals surface area contributed by atoms with Crippen molar-refractivity contribution >= 4 is 34.3 Å². The van der Waals surface area contributed by atoms with E-state index in [2.05, 4.69) is 5.32 Å². The summed E-state index contributed by atoms with van der Waals surface area (Å²) in [5.74, 6) is 0.653. The van der Waals surface area contributed by atoms with Crippen LogP contribution in [-0.2, 0) is 22.4 Å². The van der Waals surface area contributed by atoms with E-state index in [9.17, 15) is 9.59 Å². The van der Waals surface area contributed by atoms with Gasteiger partial charge in [-0.15, -0.1) is 11.3 Å². The predicted octanol–water partition coefficient (Wildman–Crippen LogP) is 3.70. The van der Waals surface area contributed by atoms with Gasteiger partial charge in [0.1, 0.15) is 5.00 Å². The van der Waals surface area contributed by atoms with E-state index in [0.717, 1.165) is 29.7 Å². The minimum Gasteiger partial charge on any atom is -0.493 e. The van der Waals surface area contributed by atoms with Crippen molar-refractivity contribution in [3.05, 3.63) is 39.8 Å². The molecule has 1 aliphatic carbocycles. The van der Waals surface area contributed by atoms with Crippen molar-refractivity contribution < 1.29 is 28.5 Å². The van der Waals surface area contributed by atoms with Crippen LogP contribution in [-0.4, -0.2) is 40.3 Å². The number of aryl methyl sites for hydroxylation is 1. The minimum absolute atomic E-state index is 0.355. The van der Waals surface area contributed by atoms with Gasteiger partial charge in [-0.25, -0.2) is 4.79 Å². The van der Waals surface area contributed by atoms with Crippen LogP contribution in [0.1, 0.15) is 32.8 Å². The number of benzene rings is 1. The zero-order chi connectivity index (χ0) is 21.0. The molecule has 1 N–H and O–H groups in total. The van der Waals surface area contributed by atoms with E-state index in [4.69, 9.17) is 18.9 Å². The van der Waals surface area contributed by atoms with Gasteiger partial charge >= 0.3 is 5.97 Å². The van der Waals surface area contributed by atoms with Gasteiger partial charge in [-0.2, -0.15) is 0 Å². The first kappa shape index (κ1) is 20.7. The molecule has 29 heavy (non-hydrogen) atoms. The van der Waals surface area contributed by atoms with Crippen LogP contribution >= 0.6 is 11.3 Å². The lowest BCUT2D eigenvalue weighted by Crippen LogP contribution is -2.12. The molecule has 1 aromatic carbocycles. The number of hydrogen-bond donors (Lipinski definition) is 1. The smallest absolute Gasteiger partial charge is 0.341 e. The van der Waals surface area contributed by atoms with Crippen LogP contribution in [0, 0.1) is 0 Å². The Morgan fingerprint density at radius 3 is 2.45 bits per heavy atom. The van der Waals surface area contributed by atoms with Gasteiger partial charge in [0.25, 0.3) is 0 Å². The van der Waals surface area contributed by atoms with E-state index in [1.807, 2.05) is 0 Å². The van der Waals surface area contributed by atoms with Gasteiger partial charge in [0, 0.05) is 16.5 Å². The molecule has 1 amide bonds. The fraction of sp³-hybridized carbons (Fsp3) is 0.333. The highest BCUT2D eigenvalue weighted by Gasteiger charge is 2.27. The number of amides is 1. The van der Waals surface area contributed by atoms with Crippen molar-refractivity contribution in [2.24, 2.45) is 0 Å². The van der Waals surface area contributed by atoms with E-state index in [1.54, 1.807) is 18.2 Å². The number of hydrogen-bond acceptors (Lipinski definition) is 7. The van der Waals surface area contributed by atoms with Crippen molar-refractivity contribution in [2.75, 3.05) is 33.8 Å². The molecule has 0 bridgehead atoms. The van der Waals surface area contributed by atoms with E-state index < -0.39 is 5.97 Å². The molecule has 0 atom stereocenters. The average Bonchev–Trinajstić information content (AvgIpc) is 3.31. The van der Waals surface area contributed by atoms with Crippen molar-refractivity contribution in [3.8, 4) is 17.2 Å². The van der Waals surface area contributed by atoms with Crippen LogP contribution in [0.2, 0.25) is 0 Å². The second-order valence-corrected chi connectivity index (χ2v) is 7.40. The third-order valence-corrected chi connectivity index (χ3v) is 5.90. The normalized spacial score (nSPS) is 12.6. The number of methoxy groups -OCH3 is 4. The quantitative estimate of drug-likeness (QED) is 0.546. The van der Waals surface area contributed by atoms with Gasteiger partial charge in [-0.1, -0.05) is 0 Å². The third kappa shape index (κ3) is 4.07. The van der Waals surface area contributed by atoms with Crippen molar-refractivity contribution in [2.45, 2.75) is 19.3 Å². The lowest BCUT2D eigenvalue weighted by molar-refractivity contribution is -0.111. The summed E-state index contributed by atoms with van der Waals surface area (Å²) in [6.45, 7) is 0. The number of carbonyl (C=O) groups is 2. The highest BCUT2D eigenvalue weighted by Crippen LogP contribution is 2.41. The summed E-state index contributed by atoms with van der Waals surface area (Å²) in [6.07, 6.45) is 5.76. The lowest BCUT2D eigenvalue weighted by atomic mass is 10.1. The largest absolute Gasteiger partial charge is 0.493 e. The van der Waals surface area contributed by atoms with E-state index in [-0.39, 0.29) is 5.91 Å². The topological polar surface area (TPSA) is 83.1 Å². The van der Waals surface area contributed by atoms with Crippen LogP contribution in [0.25, 0.3) is 6.08 Å². The SMILES string of the molecule is COC(=O)c1c(NC(=O)/C=C/c2ccc(OC)c(OC)c2OC)sc2c1CCC2. The first-order chi connectivity index (χ1) is 14.0. The molecule has 0 aliphatic heterocycles. The van der Waals surface area contributed by atoms with Crippen molar-refractivity contribution in [1.82, 2.24) is 0 Å². The van der Waals surface area contributed by atoms with E-state index in [0.29, 0.717) is 33.4 Å². The van der Waals surface area contributed by atoms with Gasteiger partial charge in [-0.05, 0) is 43.0 Å². The fourth-order valence-electron chi connectivity index (χ4n) is 3.39. The average molecular weight is 417 g/mol. The van der Waals surface area contributed by atoms with E-state index >= 15 is 0 Å². The van der Waals surface area contributed by atoms with Crippen LogP contribution < -0.4 is 19.5 Å². The predicted molar refractivity (Wildman–Crippen MR) is 111 cm³/mol. The van der Waals surface area contributed by atoms with Crippen molar-refractivity contribution in [1.29, 1.82) is 0 Å². The molecule has 154 valence electrons. The Hall–Kier alpha value is -3.00. The van der Waals surface area contributed by atoms with Crippen LogP contribution in [0.15, 0.2) is 18.2 Å². The molecule has 0 unspecified atom stereocenters. The molecule has 0 saturated heterocycles. The summed E-state index contributed by atoms with van der Waals surface area (Å²) in [5.41, 5.74) is 2.11. The van der Waals surface area contributed by atoms with Gasteiger partial charge in [0.05, 0.1) is 34.0 Å². The Morgan fingerprint density at radius 2 is 1.79 bits per heavy atom. The van der Waals surface area contributed by atoms with Gasteiger partial charge < -0.3 is 24.3 Å². The molecule has 0 saturated carbocycles. The number of ether oxygens (including phenoxy) is 4. The minimum atomic E-state index is -0.426. The first-order valence-electron chi connectivity index (χ1n) is 9.04. The number of rotatable bonds is 7. The van der Waals surface area contributed by atoms with Crippen LogP contribution in [0.5, 0.6) is 17.2 Å².